The highest BCUT2D eigenvalue weighted by atomic mass is 19.4. The summed E-state index contributed by atoms with van der Waals surface area (Å²) in [6.07, 6.45) is -3.28. The van der Waals surface area contributed by atoms with Crippen molar-refractivity contribution in [2.45, 2.75) is 25.7 Å². The van der Waals surface area contributed by atoms with Crippen molar-refractivity contribution in [3.63, 3.8) is 0 Å². The number of halogens is 3. The van der Waals surface area contributed by atoms with Crippen molar-refractivity contribution in [2.75, 3.05) is 24.7 Å². The largest absolute Gasteiger partial charge is 0.423 e. The smallest absolute Gasteiger partial charge is 0.408 e. The molecule has 1 aliphatic rings. The molecule has 2 aromatic heterocycles. The van der Waals surface area contributed by atoms with Crippen LogP contribution in [-0.4, -0.2) is 45.7 Å². The summed E-state index contributed by atoms with van der Waals surface area (Å²) in [5.74, 6) is 0.243. The molecule has 26 heavy (non-hydrogen) atoms. The van der Waals surface area contributed by atoms with Crippen LogP contribution in [0.4, 0.5) is 19.2 Å². The Hall–Kier alpha value is -2.62. The highest BCUT2D eigenvalue weighted by molar-refractivity contribution is 5.75. The Morgan fingerprint density at radius 2 is 2.15 bits per heavy atom. The lowest BCUT2D eigenvalue weighted by Gasteiger charge is -2.32. The Balaban J connectivity index is 1.63. The number of rotatable bonds is 3. The summed E-state index contributed by atoms with van der Waals surface area (Å²) in [5.41, 5.74) is 2.43. The molecule has 0 unspecified atom stereocenters. The lowest BCUT2D eigenvalue weighted by molar-refractivity contribution is -0.142. The summed E-state index contributed by atoms with van der Waals surface area (Å²) in [6, 6.07) is 5.59. The summed E-state index contributed by atoms with van der Waals surface area (Å²) in [6.45, 7) is 1.95. The SMILES string of the molecule is Cc1ccc2oc(N3CCOC[C@H]3c3ncn(CC(F)(F)F)n3)nc2c1. The van der Waals surface area contributed by atoms with E-state index in [2.05, 4.69) is 15.1 Å². The summed E-state index contributed by atoms with van der Waals surface area (Å²) in [4.78, 5) is 10.4. The van der Waals surface area contributed by atoms with Crippen LogP contribution in [0.15, 0.2) is 28.9 Å². The standard InChI is InChI=1S/C16H16F3N5O2/c1-10-2-3-13-11(6-10)21-15(26-13)24-4-5-25-7-12(24)14-20-9-23(22-14)8-16(17,18)19/h2-3,6,9,12H,4-5,7-8H2,1H3/t12-/m0/s1. The Kier molecular flexibility index (Phi) is 4.06. The van der Waals surface area contributed by atoms with Gasteiger partial charge in [0, 0.05) is 6.54 Å². The lowest BCUT2D eigenvalue weighted by atomic mass is 10.2. The third-order valence-electron chi connectivity index (χ3n) is 4.10. The first-order chi connectivity index (χ1) is 12.4. The third kappa shape index (κ3) is 3.36. The maximum atomic E-state index is 12.5. The molecule has 0 saturated carbocycles. The van der Waals surface area contributed by atoms with Gasteiger partial charge in [0.15, 0.2) is 11.4 Å². The molecule has 1 atom stereocenters. The number of anilines is 1. The van der Waals surface area contributed by atoms with E-state index >= 15 is 0 Å². The average molecular weight is 367 g/mol. The molecule has 10 heteroatoms. The zero-order chi connectivity index (χ0) is 18.3. The molecule has 7 nitrogen and oxygen atoms in total. The Morgan fingerprint density at radius 1 is 1.31 bits per heavy atom. The minimum Gasteiger partial charge on any atom is -0.423 e. The molecule has 0 spiro atoms. The molecule has 1 aliphatic heterocycles. The molecule has 3 aromatic rings. The van der Waals surface area contributed by atoms with Crippen LogP contribution in [0.25, 0.3) is 11.1 Å². The average Bonchev–Trinajstić information content (AvgIpc) is 3.19. The number of nitrogens with zero attached hydrogens (tertiary/aromatic N) is 5. The lowest BCUT2D eigenvalue weighted by Crippen LogP contribution is -2.40. The second kappa shape index (κ2) is 6.27. The minimum atomic E-state index is -4.36. The molecule has 1 fully saturated rings. The summed E-state index contributed by atoms with van der Waals surface area (Å²) < 4.78 is 49.7. The quantitative estimate of drug-likeness (QED) is 0.709. The first-order valence-electron chi connectivity index (χ1n) is 8.07. The van der Waals surface area contributed by atoms with Gasteiger partial charge in [-0.3, -0.25) is 0 Å². The number of benzene rings is 1. The highest BCUT2D eigenvalue weighted by Gasteiger charge is 2.33. The van der Waals surface area contributed by atoms with E-state index < -0.39 is 18.8 Å². The number of alkyl halides is 3. The van der Waals surface area contributed by atoms with E-state index in [0.717, 1.165) is 22.1 Å². The van der Waals surface area contributed by atoms with Gasteiger partial charge in [-0.15, -0.1) is 0 Å². The molecular formula is C16H16F3N5O2. The van der Waals surface area contributed by atoms with Crippen LogP contribution in [0.5, 0.6) is 0 Å². The Morgan fingerprint density at radius 3 is 2.96 bits per heavy atom. The van der Waals surface area contributed by atoms with Crippen molar-refractivity contribution in [3.05, 3.63) is 35.9 Å². The molecule has 3 heterocycles. The van der Waals surface area contributed by atoms with Crippen molar-refractivity contribution in [2.24, 2.45) is 0 Å². The van der Waals surface area contributed by atoms with Crippen LogP contribution < -0.4 is 4.90 Å². The van der Waals surface area contributed by atoms with Crippen LogP contribution >= 0.6 is 0 Å². The van der Waals surface area contributed by atoms with E-state index in [9.17, 15) is 13.2 Å². The zero-order valence-corrected chi connectivity index (χ0v) is 13.9. The van der Waals surface area contributed by atoms with Gasteiger partial charge in [-0.1, -0.05) is 6.07 Å². The molecule has 0 amide bonds. The number of aryl methyl sites for hydroxylation is 1. The van der Waals surface area contributed by atoms with Crippen LogP contribution in [0.2, 0.25) is 0 Å². The maximum absolute atomic E-state index is 12.5. The van der Waals surface area contributed by atoms with E-state index in [1.54, 1.807) is 0 Å². The maximum Gasteiger partial charge on any atom is 0.408 e. The molecule has 0 bridgehead atoms. The van der Waals surface area contributed by atoms with Gasteiger partial charge in [0.05, 0.1) is 13.2 Å². The van der Waals surface area contributed by atoms with Gasteiger partial charge in [-0.2, -0.15) is 23.3 Å². The highest BCUT2D eigenvalue weighted by Crippen LogP contribution is 2.30. The molecule has 0 aliphatic carbocycles. The van der Waals surface area contributed by atoms with Gasteiger partial charge in [-0.05, 0) is 24.6 Å². The van der Waals surface area contributed by atoms with Crippen molar-refractivity contribution >= 4 is 17.1 Å². The van der Waals surface area contributed by atoms with Crippen molar-refractivity contribution in [1.82, 2.24) is 19.7 Å². The Labute approximate surface area is 146 Å². The fraction of sp³-hybridized carbons (Fsp3) is 0.438. The fourth-order valence-corrected chi connectivity index (χ4v) is 2.92. The monoisotopic (exact) mass is 367 g/mol. The van der Waals surface area contributed by atoms with Crippen LogP contribution in [-0.2, 0) is 11.3 Å². The number of hydrogen-bond donors (Lipinski definition) is 0. The van der Waals surface area contributed by atoms with Crippen molar-refractivity contribution in [1.29, 1.82) is 0 Å². The number of aromatic nitrogens is 4. The third-order valence-corrected chi connectivity index (χ3v) is 4.10. The zero-order valence-electron chi connectivity index (χ0n) is 13.9. The number of ether oxygens (including phenoxy) is 1. The molecule has 0 N–H and O–H groups in total. The van der Waals surface area contributed by atoms with Crippen molar-refractivity contribution < 1.29 is 22.3 Å². The number of morpholine rings is 1. The molecular weight excluding hydrogens is 351 g/mol. The number of fused-ring (bicyclic) bond motifs is 1. The molecule has 138 valence electrons. The fourth-order valence-electron chi connectivity index (χ4n) is 2.92. The Bertz CT molecular complexity index is 920. The number of oxazole rings is 1. The predicted octanol–water partition coefficient (Wildman–Crippen LogP) is 2.87. The van der Waals surface area contributed by atoms with Crippen LogP contribution in [0.1, 0.15) is 17.4 Å². The van der Waals surface area contributed by atoms with Gasteiger partial charge in [-0.25, -0.2) is 9.67 Å². The first-order valence-corrected chi connectivity index (χ1v) is 8.07. The van der Waals surface area contributed by atoms with Gasteiger partial charge in [0.1, 0.15) is 24.4 Å². The van der Waals surface area contributed by atoms with Gasteiger partial charge < -0.3 is 14.1 Å². The topological polar surface area (TPSA) is 69.2 Å². The van der Waals surface area contributed by atoms with Crippen LogP contribution in [0.3, 0.4) is 0 Å². The summed E-state index contributed by atoms with van der Waals surface area (Å²) in [5, 5.41) is 3.96. The van der Waals surface area contributed by atoms with Gasteiger partial charge >= 0.3 is 6.18 Å². The summed E-state index contributed by atoms with van der Waals surface area (Å²) in [7, 11) is 0. The second-order valence-corrected chi connectivity index (χ2v) is 6.17. The summed E-state index contributed by atoms with van der Waals surface area (Å²) >= 11 is 0. The van der Waals surface area contributed by atoms with E-state index in [1.165, 1.54) is 0 Å². The first kappa shape index (κ1) is 16.8. The minimum absolute atomic E-state index is 0.243. The van der Waals surface area contributed by atoms with E-state index in [1.807, 2.05) is 30.0 Å². The van der Waals surface area contributed by atoms with E-state index in [4.69, 9.17) is 9.15 Å². The second-order valence-electron chi connectivity index (χ2n) is 6.17. The molecule has 0 radical (unpaired) electrons. The number of hydrogen-bond acceptors (Lipinski definition) is 6. The normalized spacial score (nSPS) is 18.6. The van der Waals surface area contributed by atoms with Crippen LogP contribution in [0, 0.1) is 6.92 Å². The molecule has 1 saturated heterocycles. The van der Waals surface area contributed by atoms with Crippen molar-refractivity contribution in [3.8, 4) is 0 Å². The van der Waals surface area contributed by atoms with Gasteiger partial charge in [0.25, 0.3) is 6.01 Å². The predicted molar refractivity (Wildman–Crippen MR) is 85.7 cm³/mol. The van der Waals surface area contributed by atoms with E-state index in [0.29, 0.717) is 24.7 Å². The molecule has 1 aromatic carbocycles. The van der Waals surface area contributed by atoms with E-state index in [-0.39, 0.29) is 12.4 Å². The van der Waals surface area contributed by atoms with Gasteiger partial charge in [0.2, 0.25) is 0 Å². The molecule has 4 rings (SSSR count).